The van der Waals surface area contributed by atoms with Crippen LogP contribution in [0, 0.1) is 17.1 Å². The van der Waals surface area contributed by atoms with Crippen LogP contribution in [0.15, 0.2) is 72.8 Å². The van der Waals surface area contributed by atoms with Crippen molar-refractivity contribution in [3.8, 4) is 6.07 Å². The quantitative estimate of drug-likeness (QED) is 0.394. The maximum atomic E-state index is 13.0. The van der Waals surface area contributed by atoms with E-state index in [-0.39, 0.29) is 11.1 Å². The van der Waals surface area contributed by atoms with E-state index in [0.29, 0.717) is 34.6 Å². The van der Waals surface area contributed by atoms with Crippen molar-refractivity contribution in [2.45, 2.75) is 6.54 Å². The van der Waals surface area contributed by atoms with E-state index in [0.717, 1.165) is 10.9 Å². The lowest BCUT2D eigenvalue weighted by molar-refractivity contribution is 0.102. The van der Waals surface area contributed by atoms with E-state index >= 15 is 0 Å². The molecule has 0 aliphatic rings. The molecule has 7 heteroatoms. The van der Waals surface area contributed by atoms with Gasteiger partial charge in [0.15, 0.2) is 0 Å². The molecule has 0 aliphatic carbocycles. The van der Waals surface area contributed by atoms with Gasteiger partial charge < -0.3 is 10.6 Å². The Labute approximate surface area is 183 Å². The number of hydrogen-bond donors (Lipinski definition) is 2. The fourth-order valence-electron chi connectivity index (χ4n) is 3.17. The Morgan fingerprint density at radius 2 is 1.74 bits per heavy atom. The minimum Gasteiger partial charge on any atom is -0.379 e. The van der Waals surface area contributed by atoms with Crippen molar-refractivity contribution >= 4 is 39.8 Å². The van der Waals surface area contributed by atoms with Gasteiger partial charge in [0.05, 0.1) is 11.2 Å². The maximum absolute atomic E-state index is 13.0. The molecule has 2 N–H and O–H groups in total. The van der Waals surface area contributed by atoms with Crippen molar-refractivity contribution < 1.29 is 9.18 Å². The van der Waals surface area contributed by atoms with E-state index in [1.807, 2.05) is 36.4 Å². The highest BCUT2D eigenvalue weighted by Gasteiger charge is 2.13. The summed E-state index contributed by atoms with van der Waals surface area (Å²) in [5, 5.41) is 16.5. The standard InChI is InChI=1S/C24H16ClFN4O/c25-23-20(13-27)22(19-3-1-2-4-21(19)30-23)28-14-15-5-11-18(12-6-15)29-24(31)16-7-9-17(26)10-8-16/h1-12H,14H2,(H,28,30)(H,29,31). The summed E-state index contributed by atoms with van der Waals surface area (Å²) in [7, 11) is 0. The molecule has 1 amide bonds. The molecular formula is C24H16ClFN4O. The summed E-state index contributed by atoms with van der Waals surface area (Å²) in [4.78, 5) is 16.5. The van der Waals surface area contributed by atoms with Gasteiger partial charge in [0.1, 0.15) is 22.6 Å². The Balaban J connectivity index is 1.49. The largest absolute Gasteiger partial charge is 0.379 e. The maximum Gasteiger partial charge on any atom is 0.255 e. The predicted octanol–water partition coefficient (Wildman–Crippen LogP) is 5.76. The summed E-state index contributed by atoms with van der Waals surface area (Å²) in [6, 6.07) is 22.2. The first-order chi connectivity index (χ1) is 15.0. The van der Waals surface area contributed by atoms with Crippen LogP contribution in [0.3, 0.4) is 0 Å². The van der Waals surface area contributed by atoms with Gasteiger partial charge in [0.25, 0.3) is 5.91 Å². The Morgan fingerprint density at radius 3 is 2.45 bits per heavy atom. The number of carbonyl (C=O) groups is 1. The van der Waals surface area contributed by atoms with Crippen molar-refractivity contribution in [2.24, 2.45) is 0 Å². The number of amides is 1. The van der Waals surface area contributed by atoms with Crippen LogP contribution in [0.2, 0.25) is 5.15 Å². The lowest BCUT2D eigenvalue weighted by Crippen LogP contribution is -2.11. The minimum absolute atomic E-state index is 0.155. The fourth-order valence-corrected chi connectivity index (χ4v) is 3.40. The molecule has 0 bridgehead atoms. The number of benzene rings is 3. The molecule has 3 aromatic carbocycles. The lowest BCUT2D eigenvalue weighted by atomic mass is 10.1. The van der Waals surface area contributed by atoms with Crippen molar-refractivity contribution in [1.82, 2.24) is 4.98 Å². The third-order valence-corrected chi connectivity index (χ3v) is 5.02. The highest BCUT2D eigenvalue weighted by Crippen LogP contribution is 2.31. The smallest absolute Gasteiger partial charge is 0.255 e. The summed E-state index contributed by atoms with van der Waals surface area (Å²) in [6.45, 7) is 0.450. The Kier molecular flexibility index (Phi) is 5.78. The summed E-state index contributed by atoms with van der Waals surface area (Å²) in [6.07, 6.45) is 0. The van der Waals surface area contributed by atoms with Crippen LogP contribution in [0.25, 0.3) is 10.9 Å². The number of nitriles is 1. The zero-order valence-electron chi connectivity index (χ0n) is 16.2. The number of aromatic nitrogens is 1. The molecule has 0 spiro atoms. The molecule has 1 aromatic heterocycles. The molecule has 0 saturated carbocycles. The van der Waals surface area contributed by atoms with E-state index < -0.39 is 5.82 Å². The number of hydrogen-bond acceptors (Lipinski definition) is 4. The van der Waals surface area contributed by atoms with Crippen molar-refractivity contribution in [3.63, 3.8) is 0 Å². The number of nitrogens with one attached hydrogen (secondary N) is 2. The molecule has 0 saturated heterocycles. The number of para-hydroxylation sites is 1. The van der Waals surface area contributed by atoms with Crippen LogP contribution in [0.1, 0.15) is 21.5 Å². The van der Waals surface area contributed by atoms with E-state index in [9.17, 15) is 14.4 Å². The summed E-state index contributed by atoms with van der Waals surface area (Å²) >= 11 is 6.18. The Hall–Kier alpha value is -3.95. The van der Waals surface area contributed by atoms with E-state index in [1.165, 1.54) is 24.3 Å². The Morgan fingerprint density at radius 1 is 1.03 bits per heavy atom. The van der Waals surface area contributed by atoms with E-state index in [1.54, 1.807) is 12.1 Å². The molecule has 1 heterocycles. The van der Waals surface area contributed by atoms with Crippen molar-refractivity contribution in [2.75, 3.05) is 10.6 Å². The topological polar surface area (TPSA) is 77.8 Å². The van der Waals surface area contributed by atoms with Gasteiger partial charge in [-0.3, -0.25) is 4.79 Å². The van der Waals surface area contributed by atoms with E-state index in [2.05, 4.69) is 21.7 Å². The van der Waals surface area contributed by atoms with Gasteiger partial charge in [-0.1, -0.05) is 41.9 Å². The zero-order valence-corrected chi connectivity index (χ0v) is 16.9. The van der Waals surface area contributed by atoms with Crippen LogP contribution >= 0.6 is 11.6 Å². The monoisotopic (exact) mass is 430 g/mol. The molecule has 0 fully saturated rings. The number of rotatable bonds is 5. The van der Waals surface area contributed by atoms with Gasteiger partial charge >= 0.3 is 0 Å². The molecular weight excluding hydrogens is 415 g/mol. The molecule has 5 nitrogen and oxygen atoms in total. The molecule has 152 valence electrons. The van der Waals surface area contributed by atoms with Gasteiger partial charge in [-0.05, 0) is 48.0 Å². The average Bonchev–Trinajstić information content (AvgIpc) is 2.78. The molecule has 0 radical (unpaired) electrons. The van der Waals surface area contributed by atoms with Gasteiger partial charge in [-0.2, -0.15) is 5.26 Å². The second-order valence-electron chi connectivity index (χ2n) is 6.79. The molecule has 0 unspecified atom stereocenters. The third kappa shape index (κ3) is 4.47. The number of carbonyl (C=O) groups excluding carboxylic acids is 1. The predicted molar refractivity (Wildman–Crippen MR) is 120 cm³/mol. The second-order valence-corrected chi connectivity index (χ2v) is 7.15. The molecule has 31 heavy (non-hydrogen) atoms. The molecule has 0 aliphatic heterocycles. The molecule has 4 aromatic rings. The summed E-state index contributed by atoms with van der Waals surface area (Å²) < 4.78 is 13.0. The first-order valence-electron chi connectivity index (χ1n) is 9.43. The lowest BCUT2D eigenvalue weighted by Gasteiger charge is -2.13. The zero-order chi connectivity index (χ0) is 21.8. The van der Waals surface area contributed by atoms with Crippen molar-refractivity contribution in [1.29, 1.82) is 5.26 Å². The average molecular weight is 431 g/mol. The van der Waals surface area contributed by atoms with Crippen LogP contribution in [0.5, 0.6) is 0 Å². The molecule has 4 rings (SSSR count). The first-order valence-corrected chi connectivity index (χ1v) is 9.81. The minimum atomic E-state index is -0.392. The first kappa shape index (κ1) is 20.3. The van der Waals surface area contributed by atoms with Gasteiger partial charge in [-0.25, -0.2) is 9.37 Å². The van der Waals surface area contributed by atoms with Crippen LogP contribution in [-0.4, -0.2) is 10.9 Å². The number of anilines is 2. The number of pyridine rings is 1. The van der Waals surface area contributed by atoms with Crippen LogP contribution in [-0.2, 0) is 6.54 Å². The van der Waals surface area contributed by atoms with Crippen LogP contribution in [0.4, 0.5) is 15.8 Å². The number of halogens is 2. The number of fused-ring (bicyclic) bond motifs is 1. The highest BCUT2D eigenvalue weighted by atomic mass is 35.5. The van der Waals surface area contributed by atoms with Gasteiger partial charge in [-0.15, -0.1) is 0 Å². The Bertz CT molecular complexity index is 1300. The normalized spacial score (nSPS) is 10.5. The van der Waals surface area contributed by atoms with E-state index in [4.69, 9.17) is 11.6 Å². The molecule has 0 atom stereocenters. The second kappa shape index (κ2) is 8.82. The summed E-state index contributed by atoms with van der Waals surface area (Å²) in [5.41, 5.74) is 3.56. The van der Waals surface area contributed by atoms with Gasteiger partial charge in [0, 0.05) is 23.2 Å². The summed E-state index contributed by atoms with van der Waals surface area (Å²) in [5.74, 6) is -0.710. The van der Waals surface area contributed by atoms with Crippen LogP contribution < -0.4 is 10.6 Å². The van der Waals surface area contributed by atoms with Gasteiger partial charge in [0.2, 0.25) is 0 Å². The SMILES string of the molecule is N#Cc1c(Cl)nc2ccccc2c1NCc1ccc(NC(=O)c2ccc(F)cc2)cc1. The van der Waals surface area contributed by atoms with Crippen molar-refractivity contribution in [3.05, 3.63) is 100 Å². The highest BCUT2D eigenvalue weighted by molar-refractivity contribution is 6.31. The fraction of sp³-hybridized carbons (Fsp3) is 0.0417. The third-order valence-electron chi connectivity index (χ3n) is 4.75. The number of nitrogens with zero attached hydrogens (tertiary/aromatic N) is 2.